The minimum absolute atomic E-state index is 0.231. The number of likely N-dealkylation sites (tertiary alicyclic amines) is 2. The molecule has 3 heterocycles. The lowest BCUT2D eigenvalue weighted by atomic mass is 9.83. The highest BCUT2D eigenvalue weighted by Crippen LogP contribution is 2.32. The summed E-state index contributed by atoms with van der Waals surface area (Å²) in [7, 11) is 1.89. The maximum absolute atomic E-state index is 12.6. The van der Waals surface area contributed by atoms with Crippen molar-refractivity contribution in [1.29, 1.82) is 0 Å². The van der Waals surface area contributed by atoms with E-state index in [0.717, 1.165) is 44.5 Å². The maximum Gasteiger partial charge on any atom is 0.222 e. The van der Waals surface area contributed by atoms with Gasteiger partial charge in [0.25, 0.3) is 0 Å². The molecule has 0 aliphatic carbocycles. The van der Waals surface area contributed by atoms with Gasteiger partial charge in [-0.1, -0.05) is 13.8 Å². The standard InChI is InChI=1S/C19H30N4O2/c1-14(2)11-23-17-8-9-22(13-16(17)5-7-19(23)25)18(24)6-4-15-10-20-21(3)12-15/h10,12,14,16-17H,4-9,11,13H2,1-3H3/t16-,17+/m0/s1. The van der Waals surface area contributed by atoms with Crippen LogP contribution in [0.15, 0.2) is 12.4 Å². The second-order valence-corrected chi connectivity index (χ2v) is 7.96. The molecule has 2 saturated heterocycles. The number of aromatic nitrogens is 2. The van der Waals surface area contributed by atoms with Crippen LogP contribution in [0.2, 0.25) is 0 Å². The first-order valence-electron chi connectivity index (χ1n) is 9.48. The van der Waals surface area contributed by atoms with Crippen molar-refractivity contribution in [2.24, 2.45) is 18.9 Å². The quantitative estimate of drug-likeness (QED) is 0.817. The van der Waals surface area contributed by atoms with Gasteiger partial charge in [-0.05, 0) is 36.7 Å². The third kappa shape index (κ3) is 4.22. The van der Waals surface area contributed by atoms with E-state index in [4.69, 9.17) is 0 Å². The minimum Gasteiger partial charge on any atom is -0.342 e. The van der Waals surface area contributed by atoms with Crippen LogP contribution in [-0.2, 0) is 23.1 Å². The molecule has 0 saturated carbocycles. The summed E-state index contributed by atoms with van der Waals surface area (Å²) < 4.78 is 1.77. The van der Waals surface area contributed by atoms with Gasteiger partial charge in [0, 0.05) is 51.8 Å². The number of hydrogen-bond donors (Lipinski definition) is 0. The van der Waals surface area contributed by atoms with Crippen molar-refractivity contribution in [3.8, 4) is 0 Å². The molecule has 0 spiro atoms. The number of rotatable bonds is 5. The third-order valence-electron chi connectivity index (χ3n) is 5.44. The van der Waals surface area contributed by atoms with Crippen LogP contribution >= 0.6 is 0 Å². The van der Waals surface area contributed by atoms with E-state index in [2.05, 4.69) is 23.8 Å². The largest absolute Gasteiger partial charge is 0.342 e. The molecule has 3 rings (SSSR count). The summed E-state index contributed by atoms with van der Waals surface area (Å²) in [5.41, 5.74) is 1.11. The zero-order valence-corrected chi connectivity index (χ0v) is 15.6. The summed E-state index contributed by atoms with van der Waals surface area (Å²) in [5.74, 6) is 1.45. The average molecular weight is 346 g/mol. The molecule has 6 heteroatoms. The van der Waals surface area contributed by atoms with E-state index in [0.29, 0.717) is 36.6 Å². The van der Waals surface area contributed by atoms with Crippen LogP contribution in [0.25, 0.3) is 0 Å². The molecule has 0 unspecified atom stereocenters. The molecule has 1 aromatic rings. The van der Waals surface area contributed by atoms with Crippen molar-refractivity contribution < 1.29 is 9.59 Å². The lowest BCUT2D eigenvalue weighted by molar-refractivity contribution is -0.144. The number of hydrogen-bond acceptors (Lipinski definition) is 3. The van der Waals surface area contributed by atoms with Gasteiger partial charge < -0.3 is 9.80 Å². The van der Waals surface area contributed by atoms with Gasteiger partial charge in [0.15, 0.2) is 0 Å². The number of carbonyl (C=O) groups is 2. The Morgan fingerprint density at radius 1 is 1.36 bits per heavy atom. The van der Waals surface area contributed by atoms with Gasteiger partial charge in [-0.25, -0.2) is 0 Å². The SMILES string of the molecule is CC(C)CN1C(=O)CC[C@H]2CN(C(=O)CCc3cnn(C)c3)CC[C@H]21. The summed E-state index contributed by atoms with van der Waals surface area (Å²) in [5, 5.41) is 4.15. The second kappa shape index (κ2) is 7.58. The van der Waals surface area contributed by atoms with E-state index in [1.54, 1.807) is 4.68 Å². The highest BCUT2D eigenvalue weighted by Gasteiger charge is 2.40. The normalized spacial score (nSPS) is 23.9. The average Bonchev–Trinajstić information content (AvgIpc) is 3.00. The van der Waals surface area contributed by atoms with Crippen LogP contribution in [0.5, 0.6) is 0 Å². The lowest BCUT2D eigenvalue weighted by Crippen LogP contribution is -2.57. The van der Waals surface area contributed by atoms with Crippen molar-refractivity contribution in [3.05, 3.63) is 18.0 Å². The van der Waals surface area contributed by atoms with Gasteiger partial charge in [0.1, 0.15) is 0 Å². The van der Waals surface area contributed by atoms with Gasteiger partial charge in [-0.15, -0.1) is 0 Å². The Labute approximate surface area is 150 Å². The lowest BCUT2D eigenvalue weighted by Gasteiger charge is -2.47. The van der Waals surface area contributed by atoms with E-state index >= 15 is 0 Å². The molecule has 6 nitrogen and oxygen atoms in total. The van der Waals surface area contributed by atoms with Crippen molar-refractivity contribution in [1.82, 2.24) is 19.6 Å². The molecule has 0 radical (unpaired) electrons. The van der Waals surface area contributed by atoms with Crippen LogP contribution in [0.4, 0.5) is 0 Å². The van der Waals surface area contributed by atoms with Crippen molar-refractivity contribution in [2.45, 2.75) is 52.0 Å². The van der Waals surface area contributed by atoms with Gasteiger partial charge in [-0.3, -0.25) is 14.3 Å². The number of fused-ring (bicyclic) bond motifs is 1. The monoisotopic (exact) mass is 346 g/mol. The van der Waals surface area contributed by atoms with E-state index in [-0.39, 0.29) is 5.91 Å². The molecule has 0 N–H and O–H groups in total. The van der Waals surface area contributed by atoms with E-state index in [1.807, 2.05) is 24.3 Å². The first-order chi connectivity index (χ1) is 11.9. The number of piperidine rings is 2. The van der Waals surface area contributed by atoms with E-state index < -0.39 is 0 Å². The fourth-order valence-corrected chi connectivity index (χ4v) is 4.22. The van der Waals surface area contributed by atoms with Crippen LogP contribution < -0.4 is 0 Å². The van der Waals surface area contributed by atoms with Crippen LogP contribution in [0.1, 0.15) is 45.1 Å². The predicted octanol–water partition coefficient (Wildman–Crippen LogP) is 1.85. The summed E-state index contributed by atoms with van der Waals surface area (Å²) in [6.45, 7) is 6.74. The van der Waals surface area contributed by atoms with Gasteiger partial charge in [-0.2, -0.15) is 5.10 Å². The fourth-order valence-electron chi connectivity index (χ4n) is 4.22. The third-order valence-corrected chi connectivity index (χ3v) is 5.44. The number of carbonyl (C=O) groups excluding carboxylic acids is 2. The Balaban J connectivity index is 1.55. The summed E-state index contributed by atoms with van der Waals surface area (Å²) in [6.07, 6.45) is 7.55. The Kier molecular flexibility index (Phi) is 5.45. The maximum atomic E-state index is 12.6. The summed E-state index contributed by atoms with van der Waals surface area (Å²) in [6, 6.07) is 0.325. The predicted molar refractivity (Wildman–Crippen MR) is 95.8 cm³/mol. The van der Waals surface area contributed by atoms with Gasteiger partial charge in [0.2, 0.25) is 11.8 Å². The van der Waals surface area contributed by atoms with Crippen molar-refractivity contribution in [2.75, 3.05) is 19.6 Å². The zero-order valence-electron chi connectivity index (χ0n) is 15.6. The molecule has 25 heavy (non-hydrogen) atoms. The molecule has 2 amide bonds. The minimum atomic E-state index is 0.231. The Morgan fingerprint density at radius 3 is 2.84 bits per heavy atom. The highest BCUT2D eigenvalue weighted by molar-refractivity contribution is 5.78. The number of nitrogens with zero attached hydrogens (tertiary/aromatic N) is 4. The molecule has 1 aromatic heterocycles. The van der Waals surface area contributed by atoms with Crippen molar-refractivity contribution >= 4 is 11.8 Å². The molecule has 0 bridgehead atoms. The molecular formula is C19H30N4O2. The van der Waals surface area contributed by atoms with Gasteiger partial charge in [0.05, 0.1) is 6.20 Å². The Hall–Kier alpha value is -1.85. The Morgan fingerprint density at radius 2 is 2.16 bits per heavy atom. The molecule has 2 fully saturated rings. The molecule has 138 valence electrons. The Bertz CT molecular complexity index is 625. The number of aryl methyl sites for hydroxylation is 2. The first-order valence-corrected chi connectivity index (χ1v) is 9.48. The van der Waals surface area contributed by atoms with Crippen LogP contribution in [0, 0.1) is 11.8 Å². The van der Waals surface area contributed by atoms with Crippen LogP contribution in [0.3, 0.4) is 0 Å². The molecular weight excluding hydrogens is 316 g/mol. The second-order valence-electron chi connectivity index (χ2n) is 7.96. The summed E-state index contributed by atoms with van der Waals surface area (Å²) >= 11 is 0. The van der Waals surface area contributed by atoms with Gasteiger partial charge >= 0.3 is 0 Å². The van der Waals surface area contributed by atoms with Crippen molar-refractivity contribution in [3.63, 3.8) is 0 Å². The smallest absolute Gasteiger partial charge is 0.222 e. The molecule has 2 atom stereocenters. The zero-order chi connectivity index (χ0) is 18.0. The summed E-state index contributed by atoms with van der Waals surface area (Å²) in [4.78, 5) is 29.0. The molecule has 0 aromatic carbocycles. The highest BCUT2D eigenvalue weighted by atomic mass is 16.2. The molecule has 2 aliphatic rings. The van der Waals surface area contributed by atoms with E-state index in [1.165, 1.54) is 0 Å². The molecule has 2 aliphatic heterocycles. The topological polar surface area (TPSA) is 58.4 Å². The first kappa shape index (κ1) is 18.0. The van der Waals surface area contributed by atoms with Crippen LogP contribution in [-0.4, -0.2) is 57.1 Å². The number of amides is 2. The van der Waals surface area contributed by atoms with E-state index in [9.17, 15) is 9.59 Å². The fraction of sp³-hybridized carbons (Fsp3) is 0.737.